The fourth-order valence-electron chi connectivity index (χ4n) is 1.16. The number of sulfone groups is 1. The molecule has 0 aromatic heterocycles. The third-order valence-electron chi connectivity index (χ3n) is 1.95. The molecule has 0 radical (unpaired) electrons. The minimum absolute atomic E-state index is 0.125. The van der Waals surface area contributed by atoms with Crippen LogP contribution in [0.25, 0.3) is 0 Å². The quantitative estimate of drug-likeness (QED) is 0.606. The van der Waals surface area contributed by atoms with Crippen molar-refractivity contribution in [2.75, 3.05) is 11.6 Å². The molecule has 1 aromatic carbocycles. The van der Waals surface area contributed by atoms with Gasteiger partial charge in [0.15, 0.2) is 9.84 Å². The highest BCUT2D eigenvalue weighted by Crippen LogP contribution is 2.17. The summed E-state index contributed by atoms with van der Waals surface area (Å²) in [5, 5.41) is 0.438. The Morgan fingerprint density at radius 2 is 1.93 bits per heavy atom. The fraction of sp³-hybridized carbons (Fsp3) is 0.400. The van der Waals surface area contributed by atoms with Crippen molar-refractivity contribution < 1.29 is 8.42 Å². The number of benzene rings is 1. The maximum absolute atomic E-state index is 11.8. The van der Waals surface area contributed by atoms with Gasteiger partial charge in [-0.15, -0.1) is 11.6 Å². The van der Waals surface area contributed by atoms with Gasteiger partial charge in [0, 0.05) is 10.9 Å². The van der Waals surface area contributed by atoms with Gasteiger partial charge in [0.2, 0.25) is 0 Å². The van der Waals surface area contributed by atoms with Crippen LogP contribution in [0.5, 0.6) is 0 Å². The first-order valence-corrected chi connectivity index (χ1v) is 7.17. The molecule has 1 aromatic rings. The van der Waals surface area contributed by atoms with E-state index in [4.69, 9.17) is 23.2 Å². The summed E-state index contributed by atoms with van der Waals surface area (Å²) in [5.41, 5.74) is 0. The van der Waals surface area contributed by atoms with Crippen molar-refractivity contribution in [1.29, 1.82) is 0 Å². The molecule has 1 rings (SSSR count). The van der Waals surface area contributed by atoms with E-state index in [1.54, 1.807) is 18.2 Å². The largest absolute Gasteiger partial charge is 0.224 e. The highest BCUT2D eigenvalue weighted by molar-refractivity contribution is 7.91. The van der Waals surface area contributed by atoms with Gasteiger partial charge in [-0.25, -0.2) is 8.42 Å². The standard InChI is InChI=1S/C10H12Cl2O2S/c11-6-1-2-7-15(13,14)10-5-3-4-9(12)8-10/h3-5,8H,1-2,6-7H2. The Kier molecular flexibility index (Phi) is 4.90. The van der Waals surface area contributed by atoms with Gasteiger partial charge in [0.25, 0.3) is 0 Å². The molecule has 0 heterocycles. The summed E-state index contributed by atoms with van der Waals surface area (Å²) in [5.74, 6) is 0.616. The van der Waals surface area contributed by atoms with E-state index in [-0.39, 0.29) is 10.6 Å². The molecule has 2 nitrogen and oxygen atoms in total. The second-order valence-corrected chi connectivity index (χ2v) is 6.10. The normalized spacial score (nSPS) is 11.6. The van der Waals surface area contributed by atoms with Crippen LogP contribution in [0.3, 0.4) is 0 Å². The van der Waals surface area contributed by atoms with E-state index in [0.29, 0.717) is 23.7 Å². The number of unbranched alkanes of at least 4 members (excludes halogenated alkanes) is 1. The van der Waals surface area contributed by atoms with Crippen molar-refractivity contribution in [2.45, 2.75) is 17.7 Å². The van der Waals surface area contributed by atoms with E-state index in [0.717, 1.165) is 0 Å². The van der Waals surface area contributed by atoms with E-state index in [9.17, 15) is 8.42 Å². The van der Waals surface area contributed by atoms with Crippen LogP contribution in [-0.4, -0.2) is 20.1 Å². The zero-order valence-corrected chi connectivity index (χ0v) is 10.4. The van der Waals surface area contributed by atoms with Crippen LogP contribution in [-0.2, 0) is 9.84 Å². The SMILES string of the molecule is O=S(=O)(CCCCCl)c1cccc(Cl)c1. The molecule has 0 spiro atoms. The molecule has 84 valence electrons. The van der Waals surface area contributed by atoms with Crippen LogP contribution >= 0.6 is 23.2 Å². The Bertz CT molecular complexity index is 415. The third kappa shape index (κ3) is 4.01. The van der Waals surface area contributed by atoms with E-state index in [2.05, 4.69) is 0 Å². The summed E-state index contributed by atoms with van der Waals surface area (Å²) in [6.07, 6.45) is 1.29. The average molecular weight is 267 g/mol. The summed E-state index contributed by atoms with van der Waals surface area (Å²) in [4.78, 5) is 0.282. The first-order chi connectivity index (χ1) is 7.06. The minimum Gasteiger partial charge on any atom is -0.224 e. The second kappa shape index (κ2) is 5.73. The maximum Gasteiger partial charge on any atom is 0.178 e. The molecular formula is C10H12Cl2O2S. The predicted octanol–water partition coefficient (Wildman–Crippen LogP) is 3.13. The van der Waals surface area contributed by atoms with Gasteiger partial charge in [-0.05, 0) is 31.0 Å². The molecule has 0 aliphatic carbocycles. The third-order valence-corrected chi connectivity index (χ3v) is 4.25. The summed E-state index contributed by atoms with van der Waals surface area (Å²) >= 11 is 11.2. The monoisotopic (exact) mass is 266 g/mol. The van der Waals surface area contributed by atoms with Crippen LogP contribution in [0.4, 0.5) is 0 Å². The predicted molar refractivity (Wildman–Crippen MR) is 63.5 cm³/mol. The van der Waals surface area contributed by atoms with Crippen LogP contribution < -0.4 is 0 Å². The molecular weight excluding hydrogens is 255 g/mol. The van der Waals surface area contributed by atoms with Crippen molar-refractivity contribution in [3.8, 4) is 0 Å². The lowest BCUT2D eigenvalue weighted by Gasteiger charge is -2.03. The number of rotatable bonds is 5. The zero-order valence-electron chi connectivity index (χ0n) is 8.12. The molecule has 0 unspecified atom stereocenters. The van der Waals surface area contributed by atoms with Crippen LogP contribution in [0.1, 0.15) is 12.8 Å². The Hall–Kier alpha value is -0.250. The Morgan fingerprint density at radius 3 is 2.53 bits per heavy atom. The molecule has 0 saturated heterocycles. The van der Waals surface area contributed by atoms with Crippen molar-refractivity contribution in [2.24, 2.45) is 0 Å². The van der Waals surface area contributed by atoms with Crippen molar-refractivity contribution in [3.05, 3.63) is 29.3 Å². The van der Waals surface area contributed by atoms with Gasteiger partial charge in [0.05, 0.1) is 10.6 Å². The minimum atomic E-state index is -3.20. The number of alkyl halides is 1. The molecule has 0 bridgehead atoms. The molecule has 0 N–H and O–H groups in total. The first kappa shape index (κ1) is 12.8. The summed E-state index contributed by atoms with van der Waals surface area (Å²) in [6, 6.07) is 6.32. The van der Waals surface area contributed by atoms with Gasteiger partial charge in [-0.3, -0.25) is 0 Å². The van der Waals surface area contributed by atoms with Crippen LogP contribution in [0, 0.1) is 0 Å². The number of hydrogen-bond acceptors (Lipinski definition) is 2. The fourth-order valence-corrected chi connectivity index (χ4v) is 3.02. The second-order valence-electron chi connectivity index (χ2n) is 3.17. The number of halogens is 2. The van der Waals surface area contributed by atoms with Gasteiger partial charge < -0.3 is 0 Å². The summed E-state index contributed by atoms with van der Waals surface area (Å²) < 4.78 is 23.5. The summed E-state index contributed by atoms with van der Waals surface area (Å²) in [6.45, 7) is 0. The topological polar surface area (TPSA) is 34.1 Å². The average Bonchev–Trinajstić information content (AvgIpc) is 2.18. The molecule has 0 saturated carbocycles. The van der Waals surface area contributed by atoms with E-state index < -0.39 is 9.84 Å². The molecule has 0 atom stereocenters. The zero-order chi connectivity index (χ0) is 11.3. The highest BCUT2D eigenvalue weighted by atomic mass is 35.5. The van der Waals surface area contributed by atoms with Crippen molar-refractivity contribution in [3.63, 3.8) is 0 Å². The van der Waals surface area contributed by atoms with E-state index in [1.165, 1.54) is 6.07 Å². The highest BCUT2D eigenvalue weighted by Gasteiger charge is 2.13. The van der Waals surface area contributed by atoms with Gasteiger partial charge in [0.1, 0.15) is 0 Å². The van der Waals surface area contributed by atoms with Crippen molar-refractivity contribution in [1.82, 2.24) is 0 Å². The summed E-state index contributed by atoms with van der Waals surface area (Å²) in [7, 11) is -3.20. The Labute approximate surface area is 100 Å². The number of hydrogen-bond donors (Lipinski definition) is 0. The molecule has 0 aliphatic rings. The van der Waals surface area contributed by atoms with Crippen molar-refractivity contribution >= 4 is 33.0 Å². The van der Waals surface area contributed by atoms with Gasteiger partial charge in [-0.1, -0.05) is 17.7 Å². The van der Waals surface area contributed by atoms with E-state index in [1.807, 2.05) is 0 Å². The smallest absolute Gasteiger partial charge is 0.178 e. The Morgan fingerprint density at radius 1 is 1.20 bits per heavy atom. The molecule has 0 aliphatic heterocycles. The molecule has 0 amide bonds. The van der Waals surface area contributed by atoms with E-state index >= 15 is 0 Å². The Balaban J connectivity index is 2.77. The van der Waals surface area contributed by atoms with Crippen LogP contribution in [0.2, 0.25) is 5.02 Å². The van der Waals surface area contributed by atoms with Crippen LogP contribution in [0.15, 0.2) is 29.2 Å². The lowest BCUT2D eigenvalue weighted by Crippen LogP contribution is -2.06. The molecule has 15 heavy (non-hydrogen) atoms. The molecule has 5 heteroatoms. The lowest BCUT2D eigenvalue weighted by atomic mass is 10.4. The first-order valence-electron chi connectivity index (χ1n) is 4.60. The van der Waals surface area contributed by atoms with Gasteiger partial charge >= 0.3 is 0 Å². The maximum atomic E-state index is 11.8. The molecule has 0 fully saturated rings. The lowest BCUT2D eigenvalue weighted by molar-refractivity contribution is 0.593. The van der Waals surface area contributed by atoms with Gasteiger partial charge in [-0.2, -0.15) is 0 Å².